The number of fused-ring (bicyclic) bond motifs is 1. The number of rotatable bonds is 8. The first-order chi connectivity index (χ1) is 19.3. The molecule has 0 spiro atoms. The molecule has 1 aliphatic rings. The topological polar surface area (TPSA) is 73.0 Å². The first-order valence-electron chi connectivity index (χ1n) is 12.3. The molecule has 4 aromatic rings. The molecule has 0 aliphatic carbocycles. The Labute approximate surface area is 247 Å². The summed E-state index contributed by atoms with van der Waals surface area (Å²) in [4.78, 5) is 17.8. The lowest BCUT2D eigenvalue weighted by Gasteiger charge is -2.09. The standard InChI is InChI=1S/C30H23BrClFN2O4S/c1-2-38-30(37)27-28(36)26(40-29(27)34-21-10-8-20(32)9-11-21)15-18-17-35(24-12-7-19(31)16-22(18)24)13-14-39-25-6-4-3-5-23(25)33/h3-12,15-17,36H,2,13-14H2,1H3/b26-15-,34-29?. The molecule has 0 fully saturated rings. The summed E-state index contributed by atoms with van der Waals surface area (Å²) in [5.41, 5.74) is 2.33. The molecule has 0 bridgehead atoms. The summed E-state index contributed by atoms with van der Waals surface area (Å²) in [7, 11) is 0. The number of aliphatic imine (C=N–C) groups is 1. The van der Waals surface area contributed by atoms with Crippen molar-refractivity contribution in [2.24, 2.45) is 4.99 Å². The molecule has 0 radical (unpaired) electrons. The van der Waals surface area contributed by atoms with Gasteiger partial charge >= 0.3 is 5.97 Å². The molecule has 0 amide bonds. The molecule has 0 unspecified atom stereocenters. The van der Waals surface area contributed by atoms with Crippen LogP contribution < -0.4 is 4.74 Å². The van der Waals surface area contributed by atoms with E-state index in [0.717, 1.165) is 20.9 Å². The Morgan fingerprint density at radius 2 is 1.95 bits per heavy atom. The van der Waals surface area contributed by atoms with E-state index < -0.39 is 11.8 Å². The number of para-hydroxylation sites is 1. The van der Waals surface area contributed by atoms with Gasteiger partial charge in [0.2, 0.25) is 0 Å². The zero-order valence-corrected chi connectivity index (χ0v) is 24.4. The van der Waals surface area contributed by atoms with Crippen molar-refractivity contribution in [2.45, 2.75) is 13.5 Å². The van der Waals surface area contributed by atoms with Crippen molar-refractivity contribution in [3.05, 3.63) is 110 Å². The number of esters is 1. The lowest BCUT2D eigenvalue weighted by Crippen LogP contribution is -2.12. The van der Waals surface area contributed by atoms with Crippen LogP contribution in [-0.4, -0.2) is 33.9 Å². The summed E-state index contributed by atoms with van der Waals surface area (Å²) < 4.78 is 27.7. The van der Waals surface area contributed by atoms with Crippen LogP contribution in [0.5, 0.6) is 5.75 Å². The van der Waals surface area contributed by atoms with Crippen molar-refractivity contribution < 1.29 is 23.8 Å². The fraction of sp³-hybridized carbons (Fsp3) is 0.133. The van der Waals surface area contributed by atoms with Gasteiger partial charge in [-0.2, -0.15) is 0 Å². The number of aliphatic hydroxyl groups excluding tert-OH is 1. The van der Waals surface area contributed by atoms with Crippen molar-refractivity contribution in [1.29, 1.82) is 0 Å². The summed E-state index contributed by atoms with van der Waals surface area (Å²) in [6, 6.07) is 19.0. The molecule has 1 aromatic heterocycles. The molecule has 0 saturated heterocycles. The second-order valence-electron chi connectivity index (χ2n) is 8.67. The second kappa shape index (κ2) is 12.3. The van der Waals surface area contributed by atoms with Gasteiger partial charge in [-0.25, -0.2) is 14.2 Å². The molecule has 6 nitrogen and oxygen atoms in total. The SMILES string of the molecule is CCOC(=O)C1=C(O)/C(=C/c2cn(CCOc3ccccc3F)c3ccc(Br)cc23)SC1=Nc1ccc(Cl)cc1. The predicted molar refractivity (Wildman–Crippen MR) is 162 cm³/mol. The number of carbonyl (C=O) groups excluding carboxylic acids is 1. The van der Waals surface area contributed by atoms with Crippen molar-refractivity contribution in [1.82, 2.24) is 4.57 Å². The Balaban J connectivity index is 1.50. The molecule has 1 N–H and O–H groups in total. The van der Waals surface area contributed by atoms with Crippen LogP contribution in [0.1, 0.15) is 12.5 Å². The summed E-state index contributed by atoms with van der Waals surface area (Å²) in [5.74, 6) is -1.07. The zero-order valence-electron chi connectivity index (χ0n) is 21.2. The number of carbonyl (C=O) groups is 1. The normalized spacial score (nSPS) is 15.4. The van der Waals surface area contributed by atoms with E-state index in [-0.39, 0.29) is 30.3 Å². The van der Waals surface area contributed by atoms with Gasteiger partial charge in [-0.15, -0.1) is 0 Å². The van der Waals surface area contributed by atoms with Gasteiger partial charge in [-0.1, -0.05) is 51.4 Å². The van der Waals surface area contributed by atoms with E-state index in [4.69, 9.17) is 21.1 Å². The highest BCUT2D eigenvalue weighted by Crippen LogP contribution is 2.41. The van der Waals surface area contributed by atoms with Crippen LogP contribution in [0.25, 0.3) is 17.0 Å². The molecule has 0 atom stereocenters. The Hall–Kier alpha value is -3.53. The average Bonchev–Trinajstić information content (AvgIpc) is 3.42. The first kappa shape index (κ1) is 28.0. The molecule has 5 rings (SSSR count). The number of aliphatic hydroxyl groups is 1. The smallest absolute Gasteiger partial charge is 0.344 e. The van der Waals surface area contributed by atoms with Crippen LogP contribution in [0.2, 0.25) is 5.02 Å². The van der Waals surface area contributed by atoms with Crippen molar-refractivity contribution in [3.63, 3.8) is 0 Å². The van der Waals surface area contributed by atoms with Crippen LogP contribution >= 0.6 is 39.3 Å². The van der Waals surface area contributed by atoms with E-state index in [9.17, 15) is 14.3 Å². The maximum atomic E-state index is 14.0. The van der Waals surface area contributed by atoms with E-state index in [1.165, 1.54) is 17.8 Å². The van der Waals surface area contributed by atoms with Crippen LogP contribution in [0.15, 0.2) is 98.6 Å². The monoisotopic (exact) mass is 640 g/mol. The maximum Gasteiger partial charge on any atom is 0.344 e. The van der Waals surface area contributed by atoms with E-state index in [1.807, 2.05) is 35.0 Å². The molecule has 3 aromatic carbocycles. The second-order valence-corrected chi connectivity index (χ2v) is 11.0. The number of ether oxygens (including phenoxy) is 2. The molecule has 40 heavy (non-hydrogen) atoms. The van der Waals surface area contributed by atoms with Gasteiger partial charge in [0.25, 0.3) is 0 Å². The predicted octanol–water partition coefficient (Wildman–Crippen LogP) is 8.47. The number of nitrogens with zero attached hydrogens (tertiary/aromatic N) is 2. The first-order valence-corrected chi connectivity index (χ1v) is 14.3. The lowest BCUT2D eigenvalue weighted by atomic mass is 10.1. The van der Waals surface area contributed by atoms with E-state index in [0.29, 0.717) is 27.2 Å². The van der Waals surface area contributed by atoms with E-state index >= 15 is 0 Å². The van der Waals surface area contributed by atoms with Gasteiger partial charge < -0.3 is 19.1 Å². The minimum absolute atomic E-state index is 0.0104. The van der Waals surface area contributed by atoms with Gasteiger partial charge in [-0.05, 0) is 67.6 Å². The Bertz CT molecular complexity index is 1680. The van der Waals surface area contributed by atoms with Crippen LogP contribution in [-0.2, 0) is 16.1 Å². The number of aromatic nitrogens is 1. The zero-order chi connectivity index (χ0) is 28.2. The molecule has 204 valence electrons. The van der Waals surface area contributed by atoms with E-state index in [2.05, 4.69) is 20.9 Å². The van der Waals surface area contributed by atoms with Gasteiger partial charge in [0.15, 0.2) is 11.6 Å². The van der Waals surface area contributed by atoms with Crippen LogP contribution in [0.3, 0.4) is 0 Å². The fourth-order valence-electron chi connectivity index (χ4n) is 4.18. The Morgan fingerprint density at radius 1 is 1.18 bits per heavy atom. The highest BCUT2D eigenvalue weighted by atomic mass is 79.9. The highest BCUT2D eigenvalue weighted by Gasteiger charge is 2.33. The fourth-order valence-corrected chi connectivity index (χ4v) is 5.69. The van der Waals surface area contributed by atoms with Crippen molar-refractivity contribution in [2.75, 3.05) is 13.2 Å². The third-order valence-electron chi connectivity index (χ3n) is 6.01. The van der Waals surface area contributed by atoms with Gasteiger partial charge in [0.05, 0.1) is 23.7 Å². The summed E-state index contributed by atoms with van der Waals surface area (Å²) in [6.45, 7) is 2.57. The largest absolute Gasteiger partial charge is 0.506 e. The molecular formula is C30H23BrClFN2O4S. The summed E-state index contributed by atoms with van der Waals surface area (Å²) in [5, 5.41) is 13.0. The van der Waals surface area contributed by atoms with E-state index in [1.54, 1.807) is 49.4 Å². The number of benzene rings is 3. The van der Waals surface area contributed by atoms with Crippen molar-refractivity contribution >= 4 is 73.0 Å². The Morgan fingerprint density at radius 3 is 2.70 bits per heavy atom. The van der Waals surface area contributed by atoms with Gasteiger partial charge in [0.1, 0.15) is 23.0 Å². The summed E-state index contributed by atoms with van der Waals surface area (Å²) in [6.07, 6.45) is 3.74. The number of halogens is 3. The van der Waals surface area contributed by atoms with Crippen LogP contribution in [0.4, 0.5) is 10.1 Å². The summed E-state index contributed by atoms with van der Waals surface area (Å²) >= 11 is 10.7. The minimum atomic E-state index is -0.654. The molecule has 2 heterocycles. The molecular weight excluding hydrogens is 619 g/mol. The average molecular weight is 642 g/mol. The quantitative estimate of drug-likeness (QED) is 0.196. The number of hydrogen-bond acceptors (Lipinski definition) is 6. The maximum absolute atomic E-state index is 14.0. The number of hydrogen-bond donors (Lipinski definition) is 1. The number of thioether (sulfide) groups is 1. The van der Waals surface area contributed by atoms with Gasteiger partial charge in [0, 0.05) is 32.2 Å². The third-order valence-corrected chi connectivity index (χ3v) is 7.78. The Kier molecular flexibility index (Phi) is 8.63. The minimum Gasteiger partial charge on any atom is -0.506 e. The third kappa shape index (κ3) is 6.11. The lowest BCUT2D eigenvalue weighted by molar-refractivity contribution is -0.138. The molecule has 0 saturated carbocycles. The van der Waals surface area contributed by atoms with Gasteiger partial charge in [-0.3, -0.25) is 0 Å². The van der Waals surface area contributed by atoms with Crippen molar-refractivity contribution in [3.8, 4) is 5.75 Å². The highest BCUT2D eigenvalue weighted by molar-refractivity contribution is 9.10. The van der Waals surface area contributed by atoms with Crippen LogP contribution in [0, 0.1) is 5.82 Å². The molecule has 10 heteroatoms. The molecule has 1 aliphatic heterocycles.